The van der Waals surface area contributed by atoms with Gasteiger partial charge in [0.15, 0.2) is 0 Å². The first-order valence-corrected chi connectivity index (χ1v) is 7.01. The first kappa shape index (κ1) is 17.7. The Bertz CT molecular complexity index is 417. The van der Waals surface area contributed by atoms with Crippen LogP contribution in [0.4, 0.5) is 0 Å². The Kier molecular flexibility index (Phi) is 5.98. The summed E-state index contributed by atoms with van der Waals surface area (Å²) >= 11 is 0. The minimum absolute atomic E-state index is 0.253. The summed E-state index contributed by atoms with van der Waals surface area (Å²) in [6.07, 6.45) is 3.75. The van der Waals surface area contributed by atoms with Crippen molar-refractivity contribution >= 4 is 19.3 Å². The molecule has 1 saturated heterocycles. The largest absolute Gasteiger partial charge is 0.497 e. The van der Waals surface area contributed by atoms with Gasteiger partial charge in [-0.25, -0.2) is 0 Å². The predicted octanol–water partition coefficient (Wildman–Crippen LogP) is 1.35. The van der Waals surface area contributed by atoms with Gasteiger partial charge >= 0.3 is 13.1 Å². The van der Waals surface area contributed by atoms with Crippen LogP contribution in [0, 0.1) is 0 Å². The Balaban J connectivity index is 2.68. The van der Waals surface area contributed by atoms with E-state index >= 15 is 0 Å². The molecular weight excluding hydrogens is 271 g/mol. The summed E-state index contributed by atoms with van der Waals surface area (Å²) in [4.78, 5) is 15.1. The Morgan fingerprint density at radius 2 is 1.86 bits per heavy atom. The molecule has 0 spiro atoms. The number of methoxy groups -OCH3 is 1. The fourth-order valence-corrected chi connectivity index (χ4v) is 1.76. The van der Waals surface area contributed by atoms with Crippen LogP contribution in [-0.2, 0) is 18.8 Å². The molecule has 0 aromatic carbocycles. The predicted molar refractivity (Wildman–Crippen MR) is 83.2 cm³/mol. The second-order valence-corrected chi connectivity index (χ2v) is 5.90. The van der Waals surface area contributed by atoms with Crippen LogP contribution in [0.1, 0.15) is 34.1 Å². The number of carbonyl (C=O) groups excluding carboxylic acids is 1. The maximum Gasteiger partial charge on any atom is 0.497 e. The quantitative estimate of drug-likeness (QED) is 0.347. The Labute approximate surface area is 127 Å². The fraction of sp³-hybridized carbons (Fsp3) is 0.714. The van der Waals surface area contributed by atoms with Crippen LogP contribution >= 0.6 is 0 Å². The van der Waals surface area contributed by atoms with E-state index in [9.17, 15) is 4.79 Å². The van der Waals surface area contributed by atoms with Gasteiger partial charge in [-0.15, -0.1) is 0 Å². The molecule has 0 aromatic heterocycles. The SMILES string of the molecule is C/N=C\C(=C/NCCC(=O)OC)B1OC(C)(C)C(C)(C)O1. The smallest absolute Gasteiger partial charge is 0.469 e. The first-order chi connectivity index (χ1) is 9.73. The van der Waals surface area contributed by atoms with Crippen LogP contribution in [0.25, 0.3) is 0 Å². The number of hydrogen-bond acceptors (Lipinski definition) is 6. The van der Waals surface area contributed by atoms with Gasteiger partial charge in [0, 0.05) is 25.3 Å². The van der Waals surface area contributed by atoms with Gasteiger partial charge in [-0.3, -0.25) is 9.79 Å². The highest BCUT2D eigenvalue weighted by Gasteiger charge is 2.52. The van der Waals surface area contributed by atoms with E-state index in [2.05, 4.69) is 15.0 Å². The molecule has 1 aliphatic heterocycles. The lowest BCUT2D eigenvalue weighted by molar-refractivity contribution is -0.140. The number of allylic oxidation sites excluding steroid dienone is 1. The Morgan fingerprint density at radius 3 is 2.33 bits per heavy atom. The van der Waals surface area contributed by atoms with Gasteiger partial charge in [0.2, 0.25) is 0 Å². The highest BCUT2D eigenvalue weighted by Crippen LogP contribution is 2.38. The van der Waals surface area contributed by atoms with Crippen molar-refractivity contribution in [3.63, 3.8) is 0 Å². The van der Waals surface area contributed by atoms with Crippen LogP contribution in [-0.4, -0.2) is 51.2 Å². The van der Waals surface area contributed by atoms with Gasteiger partial charge in [-0.05, 0) is 33.9 Å². The number of nitrogens with zero attached hydrogens (tertiary/aromatic N) is 1. The molecule has 0 aromatic rings. The minimum atomic E-state index is -0.482. The molecule has 1 aliphatic rings. The molecule has 0 radical (unpaired) electrons. The number of esters is 1. The number of aliphatic imine (C=N–C) groups is 1. The molecule has 7 heteroatoms. The van der Waals surface area contributed by atoms with E-state index in [1.54, 1.807) is 19.5 Å². The second kappa shape index (κ2) is 7.09. The minimum Gasteiger partial charge on any atom is -0.469 e. The topological polar surface area (TPSA) is 69.2 Å². The Morgan fingerprint density at radius 1 is 1.29 bits per heavy atom. The van der Waals surface area contributed by atoms with E-state index in [0.717, 1.165) is 5.47 Å². The number of hydrogen-bond donors (Lipinski definition) is 1. The number of nitrogens with one attached hydrogen (secondary N) is 1. The van der Waals surface area contributed by atoms with Crippen molar-refractivity contribution in [2.75, 3.05) is 20.7 Å². The third-order valence-corrected chi connectivity index (χ3v) is 3.77. The zero-order chi connectivity index (χ0) is 16.1. The van der Waals surface area contributed by atoms with Crippen LogP contribution in [0.15, 0.2) is 16.7 Å². The standard InChI is InChI=1S/C14H25BN2O4/c1-13(2)14(3,4)21-15(20-13)11(9-16-5)10-17-8-7-12(18)19-6/h9-10,17H,7-8H2,1-6H3/b11-10+,16-9-. The summed E-state index contributed by atoms with van der Waals surface area (Å²) < 4.78 is 16.5. The lowest BCUT2D eigenvalue weighted by atomic mass is 9.79. The second-order valence-electron chi connectivity index (χ2n) is 5.90. The van der Waals surface area contributed by atoms with Crippen molar-refractivity contribution in [2.24, 2.45) is 4.99 Å². The van der Waals surface area contributed by atoms with Gasteiger partial charge < -0.3 is 19.4 Å². The van der Waals surface area contributed by atoms with E-state index < -0.39 is 18.3 Å². The van der Waals surface area contributed by atoms with Crippen molar-refractivity contribution in [3.05, 3.63) is 11.7 Å². The maximum atomic E-state index is 11.1. The van der Waals surface area contributed by atoms with E-state index in [-0.39, 0.29) is 5.97 Å². The first-order valence-electron chi connectivity index (χ1n) is 7.01. The molecule has 118 valence electrons. The van der Waals surface area contributed by atoms with Gasteiger partial charge in [-0.2, -0.15) is 0 Å². The van der Waals surface area contributed by atoms with Crippen LogP contribution in [0.3, 0.4) is 0 Å². The van der Waals surface area contributed by atoms with Crippen LogP contribution in [0.5, 0.6) is 0 Å². The van der Waals surface area contributed by atoms with E-state index in [0.29, 0.717) is 13.0 Å². The molecule has 1 N–H and O–H groups in total. The third-order valence-electron chi connectivity index (χ3n) is 3.77. The molecule has 0 amide bonds. The molecule has 0 unspecified atom stereocenters. The molecule has 0 saturated carbocycles. The van der Waals surface area contributed by atoms with E-state index in [1.807, 2.05) is 27.7 Å². The van der Waals surface area contributed by atoms with Crippen LogP contribution < -0.4 is 5.32 Å². The van der Waals surface area contributed by atoms with Crippen molar-refractivity contribution in [2.45, 2.75) is 45.3 Å². The van der Waals surface area contributed by atoms with Crippen molar-refractivity contribution in [3.8, 4) is 0 Å². The van der Waals surface area contributed by atoms with Crippen LogP contribution in [0.2, 0.25) is 0 Å². The Hall–Kier alpha value is -1.34. The lowest BCUT2D eigenvalue weighted by Gasteiger charge is -2.32. The summed E-state index contributed by atoms with van der Waals surface area (Å²) in [5.74, 6) is -0.253. The van der Waals surface area contributed by atoms with E-state index in [1.165, 1.54) is 7.11 Å². The molecule has 0 aliphatic carbocycles. The van der Waals surface area contributed by atoms with Gasteiger partial charge in [0.1, 0.15) is 0 Å². The molecule has 0 bridgehead atoms. The summed E-state index contributed by atoms with van der Waals surface area (Å²) in [6.45, 7) is 8.47. The van der Waals surface area contributed by atoms with Crippen molar-refractivity contribution < 1.29 is 18.8 Å². The van der Waals surface area contributed by atoms with Crippen molar-refractivity contribution in [1.82, 2.24) is 5.32 Å². The molecule has 0 atom stereocenters. The molecule has 21 heavy (non-hydrogen) atoms. The normalized spacial score (nSPS) is 20.9. The third kappa shape index (κ3) is 4.57. The number of rotatable bonds is 6. The van der Waals surface area contributed by atoms with Gasteiger partial charge in [0.25, 0.3) is 0 Å². The average Bonchev–Trinajstić information content (AvgIpc) is 2.61. The highest BCUT2D eigenvalue weighted by molar-refractivity contribution is 6.60. The monoisotopic (exact) mass is 296 g/mol. The zero-order valence-electron chi connectivity index (χ0n) is 13.7. The van der Waals surface area contributed by atoms with Gasteiger partial charge in [0.05, 0.1) is 24.7 Å². The molecule has 6 nitrogen and oxygen atoms in total. The average molecular weight is 296 g/mol. The number of carbonyl (C=O) groups is 1. The highest BCUT2D eigenvalue weighted by atomic mass is 16.7. The molecule has 1 rings (SSSR count). The summed E-state index contributed by atoms with van der Waals surface area (Å²) in [6, 6.07) is 0. The summed E-state index contributed by atoms with van der Waals surface area (Å²) in [5.41, 5.74) is -0.0182. The maximum absolute atomic E-state index is 11.1. The fourth-order valence-electron chi connectivity index (χ4n) is 1.76. The molecule has 1 heterocycles. The molecule has 1 fully saturated rings. The van der Waals surface area contributed by atoms with Gasteiger partial charge in [-0.1, -0.05) is 0 Å². The van der Waals surface area contributed by atoms with E-state index in [4.69, 9.17) is 9.31 Å². The summed E-state index contributed by atoms with van der Waals surface area (Å²) in [5, 5.41) is 3.05. The zero-order valence-corrected chi connectivity index (χ0v) is 13.7. The summed E-state index contributed by atoms with van der Waals surface area (Å²) in [7, 11) is 2.58. The van der Waals surface area contributed by atoms with Crippen molar-refractivity contribution in [1.29, 1.82) is 0 Å². The lowest BCUT2D eigenvalue weighted by Crippen LogP contribution is -2.41. The molecular formula is C14H25BN2O4. The number of ether oxygens (including phenoxy) is 1.